The Morgan fingerprint density at radius 1 is 1.04 bits per heavy atom. The van der Waals surface area contributed by atoms with Gasteiger partial charge in [-0.2, -0.15) is 10.1 Å². The lowest BCUT2D eigenvalue weighted by atomic mass is 9.93. The predicted molar refractivity (Wildman–Crippen MR) is 99.8 cm³/mol. The normalized spacial score (nSPS) is 19.9. The molecule has 6 heteroatoms. The Hall–Kier alpha value is -1.60. The van der Waals surface area contributed by atoms with Crippen molar-refractivity contribution in [1.29, 1.82) is 0 Å². The summed E-state index contributed by atoms with van der Waals surface area (Å²) < 4.78 is 3.19. The second-order valence-corrected chi connectivity index (χ2v) is 7.26. The van der Waals surface area contributed by atoms with E-state index in [1.165, 1.54) is 14.7 Å². The third-order valence-corrected chi connectivity index (χ3v) is 5.13. The van der Waals surface area contributed by atoms with Crippen molar-refractivity contribution < 1.29 is 0 Å². The van der Waals surface area contributed by atoms with Crippen molar-refractivity contribution in [3.8, 4) is 0 Å². The van der Waals surface area contributed by atoms with Crippen LogP contribution >= 0.6 is 34.2 Å². The van der Waals surface area contributed by atoms with Gasteiger partial charge in [-0.3, -0.25) is 0 Å². The lowest BCUT2D eigenvalue weighted by Gasteiger charge is -2.31. The number of aromatic nitrogens is 3. The Morgan fingerprint density at radius 3 is 2.48 bits per heavy atom. The van der Waals surface area contributed by atoms with E-state index >= 15 is 0 Å². The monoisotopic (exact) mass is 436 g/mol. The van der Waals surface area contributed by atoms with Gasteiger partial charge in [-0.25, -0.2) is 4.68 Å². The number of hydrogen-bond acceptors (Lipinski definition) is 3. The molecule has 2 heterocycles. The fraction of sp³-hybridized carbons (Fsp3) is 0.176. The molecule has 0 spiro atoms. The van der Waals surface area contributed by atoms with Crippen molar-refractivity contribution in [1.82, 2.24) is 14.8 Å². The topological polar surface area (TPSA) is 42.7 Å². The Kier molecular flexibility index (Phi) is 3.98. The van der Waals surface area contributed by atoms with Crippen LogP contribution in [0.3, 0.4) is 0 Å². The van der Waals surface area contributed by atoms with Gasteiger partial charge in [0.15, 0.2) is 0 Å². The molecule has 1 aliphatic rings. The van der Waals surface area contributed by atoms with Crippen LogP contribution < -0.4 is 5.32 Å². The predicted octanol–water partition coefficient (Wildman–Crippen LogP) is 4.68. The van der Waals surface area contributed by atoms with Crippen LogP contribution in [0.15, 0.2) is 54.9 Å². The van der Waals surface area contributed by atoms with Crippen molar-refractivity contribution >= 4 is 40.1 Å². The Balaban J connectivity index is 1.71. The average molecular weight is 437 g/mol. The van der Waals surface area contributed by atoms with Gasteiger partial charge >= 0.3 is 0 Å². The molecule has 2 atom stereocenters. The number of benzene rings is 2. The van der Waals surface area contributed by atoms with Gasteiger partial charge < -0.3 is 5.32 Å². The van der Waals surface area contributed by atoms with Gasteiger partial charge in [-0.15, -0.1) is 0 Å². The summed E-state index contributed by atoms with van der Waals surface area (Å²) in [5.41, 5.74) is 2.46. The van der Waals surface area contributed by atoms with Crippen LogP contribution in [0.5, 0.6) is 0 Å². The third-order valence-electron chi connectivity index (χ3n) is 4.16. The minimum Gasteiger partial charge on any atom is -0.348 e. The molecule has 0 amide bonds. The van der Waals surface area contributed by atoms with Gasteiger partial charge in [0.25, 0.3) is 0 Å². The highest BCUT2D eigenvalue weighted by molar-refractivity contribution is 14.1. The lowest BCUT2D eigenvalue weighted by Crippen LogP contribution is -2.28. The maximum absolute atomic E-state index is 6.02. The second kappa shape index (κ2) is 6.13. The van der Waals surface area contributed by atoms with Gasteiger partial charge in [0.05, 0.1) is 12.1 Å². The highest BCUT2D eigenvalue weighted by Gasteiger charge is 2.29. The summed E-state index contributed by atoms with van der Waals surface area (Å²) in [7, 11) is 0. The maximum Gasteiger partial charge on any atom is 0.222 e. The second-order valence-electron chi connectivity index (χ2n) is 5.58. The molecule has 23 heavy (non-hydrogen) atoms. The standard InChI is InChI=1S/C17H14ClIN4/c18-13-5-1-12(2-6-13)16-9-15(11-3-7-14(19)8-4-11)22-17-20-10-21-23(16)17/h1-8,10,15-16H,9H2,(H,20,21,22)/t15-,16+/m0/s1. The molecule has 1 aromatic heterocycles. The quantitative estimate of drug-likeness (QED) is 0.593. The number of fused-ring (bicyclic) bond motifs is 1. The van der Waals surface area contributed by atoms with Crippen molar-refractivity contribution in [2.75, 3.05) is 5.32 Å². The molecule has 0 radical (unpaired) electrons. The number of nitrogens with one attached hydrogen (secondary N) is 1. The minimum atomic E-state index is 0.148. The summed E-state index contributed by atoms with van der Waals surface area (Å²) >= 11 is 8.34. The Labute approximate surface area is 153 Å². The van der Waals surface area contributed by atoms with Crippen LogP contribution in [0.4, 0.5) is 5.95 Å². The smallest absolute Gasteiger partial charge is 0.222 e. The molecule has 4 rings (SSSR count). The lowest BCUT2D eigenvalue weighted by molar-refractivity contribution is 0.431. The van der Waals surface area contributed by atoms with E-state index < -0.39 is 0 Å². The number of rotatable bonds is 2. The molecule has 116 valence electrons. The summed E-state index contributed by atoms with van der Waals surface area (Å²) in [6.45, 7) is 0. The molecule has 1 N–H and O–H groups in total. The largest absolute Gasteiger partial charge is 0.348 e. The Bertz CT molecular complexity index is 813. The van der Waals surface area contributed by atoms with Crippen LogP contribution in [0.2, 0.25) is 5.02 Å². The van der Waals surface area contributed by atoms with Gasteiger partial charge in [0.2, 0.25) is 5.95 Å². The van der Waals surface area contributed by atoms with Crippen LogP contribution in [0.25, 0.3) is 0 Å². The highest BCUT2D eigenvalue weighted by atomic mass is 127. The molecule has 0 bridgehead atoms. The van der Waals surface area contributed by atoms with Crippen LogP contribution in [-0.2, 0) is 0 Å². The summed E-state index contributed by atoms with van der Waals surface area (Å²) in [6, 6.07) is 16.9. The fourth-order valence-electron chi connectivity index (χ4n) is 3.00. The maximum atomic E-state index is 6.02. The van der Waals surface area contributed by atoms with E-state index in [-0.39, 0.29) is 12.1 Å². The first-order valence-electron chi connectivity index (χ1n) is 7.38. The third kappa shape index (κ3) is 2.95. The molecule has 4 nitrogen and oxygen atoms in total. The molecule has 0 fully saturated rings. The summed E-state index contributed by atoms with van der Waals surface area (Å²) in [5, 5.41) is 8.62. The zero-order chi connectivity index (χ0) is 15.8. The number of nitrogens with zero attached hydrogens (tertiary/aromatic N) is 3. The van der Waals surface area contributed by atoms with Crippen molar-refractivity contribution in [2.45, 2.75) is 18.5 Å². The average Bonchev–Trinajstić information content (AvgIpc) is 3.04. The van der Waals surface area contributed by atoms with E-state index in [4.69, 9.17) is 11.6 Å². The summed E-state index contributed by atoms with van der Waals surface area (Å²) in [6.07, 6.45) is 2.51. The first-order valence-corrected chi connectivity index (χ1v) is 8.83. The van der Waals surface area contributed by atoms with Crippen LogP contribution in [0, 0.1) is 3.57 Å². The first kappa shape index (κ1) is 15.0. The molecule has 0 saturated heterocycles. The van der Waals surface area contributed by atoms with Crippen LogP contribution in [-0.4, -0.2) is 14.8 Å². The van der Waals surface area contributed by atoms with Crippen LogP contribution in [0.1, 0.15) is 29.6 Å². The van der Waals surface area contributed by atoms with E-state index in [1.807, 2.05) is 16.8 Å². The number of halogens is 2. The van der Waals surface area contributed by atoms with E-state index in [9.17, 15) is 0 Å². The van der Waals surface area contributed by atoms with Crippen molar-refractivity contribution in [3.63, 3.8) is 0 Å². The zero-order valence-electron chi connectivity index (χ0n) is 12.2. The van der Waals surface area contributed by atoms with Gasteiger partial charge in [-0.1, -0.05) is 35.9 Å². The van der Waals surface area contributed by atoms with E-state index in [2.05, 4.69) is 74.4 Å². The van der Waals surface area contributed by atoms with Gasteiger partial charge in [0, 0.05) is 8.59 Å². The van der Waals surface area contributed by atoms with Gasteiger partial charge in [-0.05, 0) is 64.4 Å². The van der Waals surface area contributed by atoms with E-state index in [0.29, 0.717) is 0 Å². The molecule has 2 aromatic carbocycles. The SMILES string of the molecule is Clc1ccc([C@H]2C[C@@H](c3ccc(I)cc3)Nc3ncnn32)cc1. The van der Waals surface area contributed by atoms with E-state index in [1.54, 1.807) is 6.33 Å². The van der Waals surface area contributed by atoms with Crippen molar-refractivity contribution in [2.24, 2.45) is 0 Å². The minimum absolute atomic E-state index is 0.148. The molecule has 0 saturated carbocycles. The zero-order valence-corrected chi connectivity index (χ0v) is 15.1. The van der Waals surface area contributed by atoms with Crippen molar-refractivity contribution in [3.05, 3.63) is 74.6 Å². The Morgan fingerprint density at radius 2 is 1.74 bits per heavy atom. The van der Waals surface area contributed by atoms with E-state index in [0.717, 1.165) is 17.4 Å². The summed E-state index contributed by atoms with van der Waals surface area (Å²) in [5.74, 6) is 0.805. The molecule has 3 aromatic rings. The summed E-state index contributed by atoms with van der Waals surface area (Å²) in [4.78, 5) is 4.36. The molecule has 1 aliphatic heterocycles. The molecule has 0 aliphatic carbocycles. The first-order chi connectivity index (χ1) is 11.2. The number of hydrogen-bond donors (Lipinski definition) is 1. The van der Waals surface area contributed by atoms with Gasteiger partial charge in [0.1, 0.15) is 6.33 Å². The molecule has 0 unspecified atom stereocenters. The molecular formula is C17H14ClIN4. The fourth-order valence-corrected chi connectivity index (χ4v) is 3.48. The molecular weight excluding hydrogens is 423 g/mol. The highest BCUT2D eigenvalue weighted by Crippen LogP contribution is 2.37. The number of anilines is 1.